The first-order valence-corrected chi connectivity index (χ1v) is 6.90. The maximum atomic E-state index is 10.9. The zero-order valence-corrected chi connectivity index (χ0v) is 14.4. The molecule has 0 aliphatic rings. The van der Waals surface area contributed by atoms with Gasteiger partial charge in [0.2, 0.25) is 6.29 Å². The van der Waals surface area contributed by atoms with Crippen molar-refractivity contribution in [3.05, 3.63) is 72.8 Å². The summed E-state index contributed by atoms with van der Waals surface area (Å²) in [4.78, 5) is 20.8. The summed E-state index contributed by atoms with van der Waals surface area (Å²) in [5.41, 5.74) is 0.281. The molecule has 5 heteroatoms. The van der Waals surface area contributed by atoms with Crippen molar-refractivity contribution in [3.63, 3.8) is 0 Å². The van der Waals surface area contributed by atoms with E-state index < -0.39 is 12.3 Å². The molecule has 1 unspecified atom stereocenters. The Morgan fingerprint density at radius 1 is 1.17 bits per heavy atom. The van der Waals surface area contributed by atoms with E-state index in [0.29, 0.717) is 6.42 Å². The molecule has 2 aromatic carbocycles. The second-order valence-electron chi connectivity index (χ2n) is 4.18. The van der Waals surface area contributed by atoms with Gasteiger partial charge in [-0.05, 0) is 6.92 Å². The Hall–Kier alpha value is -2.10. The summed E-state index contributed by atoms with van der Waals surface area (Å²) in [6.45, 7) is 6.89. The van der Waals surface area contributed by atoms with Gasteiger partial charge in [0, 0.05) is 29.1 Å². The van der Waals surface area contributed by atoms with Crippen LogP contribution in [-0.2, 0) is 36.1 Å². The van der Waals surface area contributed by atoms with Crippen molar-refractivity contribution in [2.24, 2.45) is 0 Å². The number of hydrogen-bond acceptors (Lipinski definition) is 4. The fourth-order valence-electron chi connectivity index (χ4n) is 1.13. The first kappa shape index (κ1) is 23.2. The Balaban J connectivity index is 0. The molecule has 0 amide bonds. The molecule has 0 radical (unpaired) electrons. The molecule has 0 aliphatic heterocycles. The Bertz CT molecular complexity index is 428. The first-order chi connectivity index (χ1) is 10.6. The van der Waals surface area contributed by atoms with Gasteiger partial charge in [0.25, 0.3) is 6.47 Å². The molecular weight excluding hydrogens is 336 g/mol. The van der Waals surface area contributed by atoms with Crippen LogP contribution in [0.4, 0.5) is 0 Å². The summed E-state index contributed by atoms with van der Waals surface area (Å²) in [5, 5.41) is 0. The van der Waals surface area contributed by atoms with E-state index in [2.05, 4.69) is 11.3 Å². The number of rotatable bonds is 5. The number of hydrogen-bond donors (Lipinski definition) is 0. The quantitative estimate of drug-likeness (QED) is 0.204. The van der Waals surface area contributed by atoms with Crippen LogP contribution in [0.25, 0.3) is 0 Å². The van der Waals surface area contributed by atoms with Gasteiger partial charge >= 0.3 is 5.97 Å². The third-order valence-corrected chi connectivity index (χ3v) is 2.24. The standard InChI is InChI=1S/C8H12O4.2C5H5.Fe/c1-4-7(11-5-9)12-8(10)6(2)3;2*1-2-4-5-3-1;/h5,7H,2,4H2,1,3H3;2*1-5H;/q;-5;-1;. The summed E-state index contributed by atoms with van der Waals surface area (Å²) in [6, 6.07) is 20.0. The fourth-order valence-corrected chi connectivity index (χ4v) is 1.13. The zero-order chi connectivity index (χ0) is 16.6. The normalized spacial score (nSPS) is 9.48. The molecule has 0 bridgehead atoms. The summed E-state index contributed by atoms with van der Waals surface area (Å²) >= 11 is 0. The van der Waals surface area contributed by atoms with Crippen LogP contribution in [-0.4, -0.2) is 18.7 Å². The average molecular weight is 358 g/mol. The van der Waals surface area contributed by atoms with E-state index in [0.717, 1.165) is 0 Å². The monoisotopic (exact) mass is 358 g/mol. The van der Waals surface area contributed by atoms with Crippen molar-refractivity contribution in [1.29, 1.82) is 0 Å². The van der Waals surface area contributed by atoms with Gasteiger partial charge in [-0.25, -0.2) is 16.9 Å². The van der Waals surface area contributed by atoms with Crippen molar-refractivity contribution in [2.75, 3.05) is 0 Å². The van der Waals surface area contributed by atoms with E-state index in [1.54, 1.807) is 6.92 Å². The maximum absolute atomic E-state index is 10.9. The Kier molecular flexibility index (Phi) is 16.4. The molecule has 2 rings (SSSR count). The van der Waals surface area contributed by atoms with Crippen molar-refractivity contribution in [1.82, 2.24) is 0 Å². The molecule has 0 aliphatic carbocycles. The third kappa shape index (κ3) is 14.6. The van der Waals surface area contributed by atoms with Gasteiger partial charge in [-0.1, -0.05) is 13.5 Å². The molecule has 1 atom stereocenters. The van der Waals surface area contributed by atoms with Crippen LogP contribution < -0.4 is 0 Å². The van der Waals surface area contributed by atoms with Crippen LogP contribution in [0, 0.1) is 0 Å². The zero-order valence-electron chi connectivity index (χ0n) is 13.3. The fraction of sp³-hybridized carbons (Fsp3) is 0.222. The second-order valence-corrected chi connectivity index (χ2v) is 4.18. The van der Waals surface area contributed by atoms with E-state index in [-0.39, 0.29) is 29.1 Å². The van der Waals surface area contributed by atoms with Crippen molar-refractivity contribution in [2.45, 2.75) is 26.6 Å². The van der Waals surface area contributed by atoms with E-state index in [1.165, 1.54) is 6.92 Å². The smallest absolute Gasteiger partial charge is 0.336 e. The van der Waals surface area contributed by atoms with Gasteiger partial charge in [-0.3, -0.25) is 4.79 Å². The number of ether oxygens (including phenoxy) is 2. The maximum Gasteiger partial charge on any atom is 0.336 e. The minimum Gasteiger partial charge on any atom is -0.748 e. The SMILES string of the molecule is C=C(C)C(=O)OC(CC)OC=O.[Fe].[cH-]1[cH-][cH-][cH-][cH-]1.c1cc[cH-]c1. The van der Waals surface area contributed by atoms with Crippen LogP contribution >= 0.6 is 0 Å². The average Bonchev–Trinajstić information content (AvgIpc) is 3.23. The molecule has 0 N–H and O–H groups in total. The van der Waals surface area contributed by atoms with Crippen molar-refractivity contribution < 1.29 is 36.1 Å². The Morgan fingerprint density at radius 2 is 1.65 bits per heavy atom. The largest absolute Gasteiger partial charge is 0.748 e. The molecule has 132 valence electrons. The molecule has 0 aromatic heterocycles. The van der Waals surface area contributed by atoms with Crippen molar-refractivity contribution >= 4 is 12.4 Å². The third-order valence-electron chi connectivity index (χ3n) is 2.24. The second kappa shape index (κ2) is 16.3. The predicted molar refractivity (Wildman–Crippen MR) is 86.2 cm³/mol. The number of carbonyl (C=O) groups excluding carboxylic acids is 2. The van der Waals surface area contributed by atoms with E-state index in [1.807, 2.05) is 60.7 Å². The van der Waals surface area contributed by atoms with E-state index in [9.17, 15) is 9.59 Å². The number of esters is 1. The van der Waals surface area contributed by atoms with E-state index >= 15 is 0 Å². The van der Waals surface area contributed by atoms with Gasteiger partial charge in [0.05, 0.1) is 0 Å². The van der Waals surface area contributed by atoms with Gasteiger partial charge in [-0.2, -0.15) is 18.2 Å². The van der Waals surface area contributed by atoms with Crippen LogP contribution in [0.1, 0.15) is 20.3 Å². The molecule has 0 saturated carbocycles. The molecule has 0 saturated heterocycles. The van der Waals surface area contributed by atoms with Gasteiger partial charge < -0.3 is 39.8 Å². The molecular formula is C18H22FeO4-6. The minimum atomic E-state index is -0.799. The molecule has 0 heterocycles. The summed E-state index contributed by atoms with van der Waals surface area (Å²) < 4.78 is 9.16. The first-order valence-electron chi connectivity index (χ1n) is 6.90. The van der Waals surface area contributed by atoms with Crippen LogP contribution in [0.3, 0.4) is 0 Å². The van der Waals surface area contributed by atoms with Crippen molar-refractivity contribution in [3.8, 4) is 0 Å². The molecule has 23 heavy (non-hydrogen) atoms. The summed E-state index contributed by atoms with van der Waals surface area (Å²) in [7, 11) is 0. The van der Waals surface area contributed by atoms with Gasteiger partial charge in [0.1, 0.15) is 0 Å². The molecule has 4 nitrogen and oxygen atoms in total. The van der Waals surface area contributed by atoms with Crippen LogP contribution in [0.2, 0.25) is 0 Å². The topological polar surface area (TPSA) is 52.6 Å². The summed E-state index contributed by atoms with van der Waals surface area (Å²) in [6.07, 6.45) is -0.371. The molecule has 2 aromatic rings. The van der Waals surface area contributed by atoms with E-state index in [4.69, 9.17) is 4.74 Å². The number of carbonyl (C=O) groups is 2. The van der Waals surface area contributed by atoms with Gasteiger partial charge in [0.15, 0.2) is 0 Å². The molecule has 0 spiro atoms. The van der Waals surface area contributed by atoms with Gasteiger partial charge in [-0.15, -0.1) is 0 Å². The Morgan fingerprint density at radius 3 is 1.91 bits per heavy atom. The van der Waals surface area contributed by atoms with Crippen LogP contribution in [0.5, 0.6) is 0 Å². The molecule has 0 fully saturated rings. The summed E-state index contributed by atoms with van der Waals surface area (Å²) in [5.74, 6) is -0.552. The minimum absolute atomic E-state index is 0. The predicted octanol–water partition coefficient (Wildman–Crippen LogP) is 3.82. The Labute approximate surface area is 148 Å². The van der Waals surface area contributed by atoms with Crippen LogP contribution in [0.15, 0.2) is 72.8 Å².